The summed E-state index contributed by atoms with van der Waals surface area (Å²) in [6.07, 6.45) is -1.74. The van der Waals surface area contributed by atoms with Gasteiger partial charge in [0.1, 0.15) is 5.65 Å². The maximum Gasteiger partial charge on any atom is 0.392 e. The molecule has 3 rings (SSSR count). The molecular weight excluding hydrogens is 321 g/mol. The lowest BCUT2D eigenvalue weighted by atomic mass is 9.89. The smallest absolute Gasteiger partial charge is 0.303 e. The number of rotatable bonds is 0. The van der Waals surface area contributed by atoms with Gasteiger partial charge in [0.25, 0.3) is 0 Å². The fourth-order valence-corrected chi connectivity index (χ4v) is 2.92. The third kappa shape index (κ3) is 2.16. The maximum atomic E-state index is 12.8. The molecule has 0 radical (unpaired) electrons. The molecule has 1 aliphatic carbocycles. The minimum absolute atomic E-state index is 0.0233. The number of pyridine rings is 1. The van der Waals surface area contributed by atoms with E-state index in [1.807, 2.05) is 19.2 Å². The molecule has 1 atom stereocenters. The fraction of sp³-hybridized carbons (Fsp3) is 0.462. The molecule has 2 aromatic rings. The first-order valence-corrected chi connectivity index (χ1v) is 6.88. The lowest BCUT2D eigenvalue weighted by Crippen LogP contribution is -2.29. The van der Waals surface area contributed by atoms with Gasteiger partial charge < -0.3 is 4.40 Å². The highest BCUT2D eigenvalue weighted by Crippen LogP contribution is 2.37. The van der Waals surface area contributed by atoms with E-state index in [-0.39, 0.29) is 12.8 Å². The summed E-state index contributed by atoms with van der Waals surface area (Å²) in [6, 6.07) is 1.89. The first-order chi connectivity index (χ1) is 8.86. The number of hydrogen-bond donors (Lipinski definition) is 0. The van der Waals surface area contributed by atoms with Gasteiger partial charge in [0.2, 0.25) is 0 Å². The van der Waals surface area contributed by atoms with Gasteiger partial charge in [-0.2, -0.15) is 13.2 Å². The molecule has 0 aromatic carbocycles. The summed E-state index contributed by atoms with van der Waals surface area (Å²) in [5.74, 6) is -1.25. The van der Waals surface area contributed by atoms with Gasteiger partial charge in [-0.05, 0) is 47.3 Å². The Balaban J connectivity index is 2.11. The molecule has 1 aliphatic rings. The van der Waals surface area contributed by atoms with Crippen LogP contribution in [0.2, 0.25) is 0 Å². The maximum absolute atomic E-state index is 12.8. The van der Waals surface area contributed by atoms with Crippen LogP contribution in [0.25, 0.3) is 5.65 Å². The molecule has 0 amide bonds. The van der Waals surface area contributed by atoms with E-state index < -0.39 is 12.1 Å². The van der Waals surface area contributed by atoms with Crippen molar-refractivity contribution in [3.63, 3.8) is 0 Å². The minimum Gasteiger partial charge on any atom is -0.303 e. The normalized spacial score (nSPS) is 19.7. The summed E-state index contributed by atoms with van der Waals surface area (Å²) < 4.78 is 41.2. The third-order valence-corrected chi connectivity index (χ3v) is 4.55. The second-order valence-electron chi connectivity index (χ2n) is 5.02. The van der Waals surface area contributed by atoms with Gasteiger partial charge in [0.05, 0.1) is 11.6 Å². The highest BCUT2D eigenvalue weighted by molar-refractivity contribution is 9.10. The average molecular weight is 333 g/mol. The number of fused-ring (bicyclic) bond motifs is 3. The van der Waals surface area contributed by atoms with Crippen molar-refractivity contribution in [1.82, 2.24) is 9.38 Å². The van der Waals surface area contributed by atoms with Crippen molar-refractivity contribution in [2.45, 2.75) is 32.4 Å². The van der Waals surface area contributed by atoms with Crippen LogP contribution in [0.3, 0.4) is 0 Å². The van der Waals surface area contributed by atoms with E-state index in [4.69, 9.17) is 0 Å². The molecule has 2 aromatic heterocycles. The van der Waals surface area contributed by atoms with Gasteiger partial charge in [-0.15, -0.1) is 0 Å². The average Bonchev–Trinajstić information content (AvgIpc) is 2.65. The van der Waals surface area contributed by atoms with Crippen molar-refractivity contribution in [3.05, 3.63) is 33.7 Å². The molecule has 2 nitrogen and oxygen atoms in total. The quantitative estimate of drug-likeness (QED) is 0.710. The van der Waals surface area contributed by atoms with Crippen LogP contribution < -0.4 is 0 Å². The van der Waals surface area contributed by atoms with Crippen LogP contribution in [0.5, 0.6) is 0 Å². The highest BCUT2D eigenvalue weighted by Gasteiger charge is 2.42. The first-order valence-electron chi connectivity index (χ1n) is 6.09. The van der Waals surface area contributed by atoms with E-state index in [1.54, 1.807) is 4.40 Å². The molecule has 0 aliphatic heterocycles. The Morgan fingerprint density at radius 3 is 2.84 bits per heavy atom. The topological polar surface area (TPSA) is 17.3 Å². The monoisotopic (exact) mass is 332 g/mol. The highest BCUT2D eigenvalue weighted by atomic mass is 79.9. The molecule has 1 unspecified atom stereocenters. The number of nitrogens with zero attached hydrogens (tertiary/aromatic N) is 2. The number of alkyl halides is 3. The van der Waals surface area contributed by atoms with E-state index in [0.29, 0.717) is 12.1 Å². The zero-order chi connectivity index (χ0) is 13.8. The van der Waals surface area contributed by atoms with Crippen molar-refractivity contribution in [2.24, 2.45) is 5.92 Å². The third-order valence-electron chi connectivity index (χ3n) is 3.72. The predicted octanol–water partition coefficient (Wildman–Crippen LogP) is 4.07. The van der Waals surface area contributed by atoms with Crippen molar-refractivity contribution < 1.29 is 13.2 Å². The van der Waals surface area contributed by atoms with E-state index in [1.165, 1.54) is 0 Å². The standard InChI is InChI=1S/C13H12BrF3N2/c1-7-4-12-18-10-3-2-8(13(15,16)17)5-11(10)19(12)6-9(7)14/h4,6,8H,2-3,5H2,1H3. The summed E-state index contributed by atoms with van der Waals surface area (Å²) in [6.45, 7) is 1.94. The van der Waals surface area contributed by atoms with E-state index in [2.05, 4.69) is 20.9 Å². The second-order valence-corrected chi connectivity index (χ2v) is 5.87. The van der Waals surface area contributed by atoms with E-state index >= 15 is 0 Å². The van der Waals surface area contributed by atoms with Gasteiger partial charge in [-0.25, -0.2) is 4.98 Å². The SMILES string of the molecule is Cc1cc2nc3c(n2cc1Br)CC(C(F)(F)F)CC3. The Morgan fingerprint density at radius 2 is 2.16 bits per heavy atom. The van der Waals surface area contributed by atoms with Crippen LogP contribution in [0.4, 0.5) is 13.2 Å². The molecule has 102 valence electrons. The molecular formula is C13H12BrF3N2. The van der Waals surface area contributed by atoms with Gasteiger partial charge in [-0.3, -0.25) is 0 Å². The fourth-order valence-electron chi connectivity index (χ4n) is 2.60. The number of imidazole rings is 1. The van der Waals surface area contributed by atoms with Crippen molar-refractivity contribution in [2.75, 3.05) is 0 Å². The predicted molar refractivity (Wildman–Crippen MR) is 69.2 cm³/mol. The Hall–Kier alpha value is -1.04. The molecule has 2 heterocycles. The van der Waals surface area contributed by atoms with Gasteiger partial charge >= 0.3 is 6.18 Å². The summed E-state index contributed by atoms with van der Waals surface area (Å²) >= 11 is 3.41. The number of aryl methyl sites for hydroxylation is 2. The van der Waals surface area contributed by atoms with Crippen LogP contribution >= 0.6 is 15.9 Å². The van der Waals surface area contributed by atoms with Crippen LogP contribution in [0.15, 0.2) is 16.7 Å². The minimum atomic E-state index is -4.12. The molecule has 19 heavy (non-hydrogen) atoms. The molecule has 0 bridgehead atoms. The van der Waals surface area contributed by atoms with Crippen LogP contribution in [-0.4, -0.2) is 15.6 Å². The lowest BCUT2D eigenvalue weighted by molar-refractivity contribution is -0.177. The van der Waals surface area contributed by atoms with Crippen molar-refractivity contribution in [3.8, 4) is 0 Å². The van der Waals surface area contributed by atoms with Gasteiger partial charge in [0.15, 0.2) is 0 Å². The lowest BCUT2D eigenvalue weighted by Gasteiger charge is -2.24. The second kappa shape index (κ2) is 4.23. The van der Waals surface area contributed by atoms with Gasteiger partial charge in [0, 0.05) is 22.8 Å². The Kier molecular flexibility index (Phi) is 2.89. The molecule has 0 saturated heterocycles. The number of hydrogen-bond acceptors (Lipinski definition) is 1. The Morgan fingerprint density at radius 1 is 1.42 bits per heavy atom. The van der Waals surface area contributed by atoms with Crippen LogP contribution in [0, 0.1) is 12.8 Å². The zero-order valence-corrected chi connectivity index (χ0v) is 11.8. The van der Waals surface area contributed by atoms with Crippen LogP contribution in [0.1, 0.15) is 23.4 Å². The number of halogens is 4. The zero-order valence-electron chi connectivity index (χ0n) is 10.3. The summed E-state index contributed by atoms with van der Waals surface area (Å²) in [4.78, 5) is 4.45. The van der Waals surface area contributed by atoms with Crippen LogP contribution in [-0.2, 0) is 12.8 Å². The summed E-state index contributed by atoms with van der Waals surface area (Å²) in [7, 11) is 0. The first kappa shape index (κ1) is 13.0. The largest absolute Gasteiger partial charge is 0.392 e. The van der Waals surface area contributed by atoms with E-state index in [9.17, 15) is 13.2 Å². The molecule has 0 saturated carbocycles. The number of aromatic nitrogens is 2. The van der Waals surface area contributed by atoms with Gasteiger partial charge in [-0.1, -0.05) is 0 Å². The Labute approximate surface area is 116 Å². The molecule has 0 fully saturated rings. The molecule has 0 N–H and O–H groups in total. The van der Waals surface area contributed by atoms with Crippen molar-refractivity contribution >= 4 is 21.6 Å². The summed E-state index contributed by atoms with van der Waals surface area (Å²) in [5, 5.41) is 0. The Bertz CT molecular complexity index is 645. The van der Waals surface area contributed by atoms with E-state index in [0.717, 1.165) is 21.4 Å². The van der Waals surface area contributed by atoms with Crippen molar-refractivity contribution in [1.29, 1.82) is 0 Å². The summed E-state index contributed by atoms with van der Waals surface area (Å²) in [5.41, 5.74) is 3.26. The molecule has 6 heteroatoms. The molecule has 0 spiro atoms.